The third kappa shape index (κ3) is 4.17. The number of carboxylic acid groups (broad SMARTS) is 1. The standard InChI is InChI=1S/C23H17Cl2N3O4/c24-16-7-2-8-17(25)21(16)28-18(15-6-3-9-26-20(15)22(28)30)11-19(29)27-12-13-4-1-5-14(10-13)23(31)32/h1-10,18H,11-12H2,(H,27,29)(H,31,32). The maximum Gasteiger partial charge on any atom is 0.335 e. The van der Waals surface area contributed by atoms with Gasteiger partial charge in [0, 0.05) is 18.3 Å². The zero-order valence-corrected chi connectivity index (χ0v) is 18.1. The number of nitrogens with one attached hydrogen (secondary N) is 1. The van der Waals surface area contributed by atoms with Crippen molar-refractivity contribution in [3.63, 3.8) is 0 Å². The van der Waals surface area contributed by atoms with Crippen LogP contribution in [0.3, 0.4) is 0 Å². The number of hydrogen-bond donors (Lipinski definition) is 2. The van der Waals surface area contributed by atoms with Gasteiger partial charge in [0.1, 0.15) is 5.69 Å². The fourth-order valence-corrected chi connectivity index (χ4v) is 4.28. The second kappa shape index (κ2) is 8.98. The molecule has 0 bridgehead atoms. The molecule has 1 unspecified atom stereocenters. The van der Waals surface area contributed by atoms with Crippen LogP contribution in [0.15, 0.2) is 60.8 Å². The highest BCUT2D eigenvalue weighted by Gasteiger charge is 2.41. The molecule has 0 aliphatic carbocycles. The Hall–Kier alpha value is -3.42. The number of rotatable bonds is 6. The Labute approximate surface area is 193 Å². The number of carbonyl (C=O) groups is 3. The molecule has 0 saturated carbocycles. The highest BCUT2D eigenvalue weighted by atomic mass is 35.5. The summed E-state index contributed by atoms with van der Waals surface area (Å²) in [6.45, 7) is 0.146. The Kier molecular flexibility index (Phi) is 6.12. The number of benzene rings is 2. The molecule has 1 aliphatic rings. The van der Waals surface area contributed by atoms with E-state index in [4.69, 9.17) is 28.3 Å². The number of carbonyl (C=O) groups excluding carboxylic acids is 2. The van der Waals surface area contributed by atoms with E-state index in [-0.39, 0.29) is 46.1 Å². The number of aromatic carboxylic acids is 1. The second-order valence-corrected chi connectivity index (χ2v) is 8.00. The first-order chi connectivity index (χ1) is 15.4. The summed E-state index contributed by atoms with van der Waals surface area (Å²) in [6.07, 6.45) is 1.46. The number of pyridine rings is 1. The van der Waals surface area contributed by atoms with Crippen molar-refractivity contribution in [2.24, 2.45) is 0 Å². The lowest BCUT2D eigenvalue weighted by Gasteiger charge is -2.26. The minimum absolute atomic E-state index is 0.0510. The van der Waals surface area contributed by atoms with Crippen molar-refractivity contribution < 1.29 is 19.5 Å². The number of aromatic nitrogens is 1. The molecule has 9 heteroatoms. The van der Waals surface area contributed by atoms with Gasteiger partial charge in [-0.05, 0) is 35.9 Å². The predicted molar refractivity (Wildman–Crippen MR) is 120 cm³/mol. The zero-order chi connectivity index (χ0) is 22.8. The van der Waals surface area contributed by atoms with Crippen molar-refractivity contribution in [1.29, 1.82) is 0 Å². The molecular weight excluding hydrogens is 453 g/mol. The number of carboxylic acids is 1. The van der Waals surface area contributed by atoms with Crippen LogP contribution in [-0.4, -0.2) is 27.9 Å². The number of para-hydroxylation sites is 1. The number of amides is 2. The molecule has 2 aromatic carbocycles. The van der Waals surface area contributed by atoms with E-state index in [0.29, 0.717) is 16.8 Å². The van der Waals surface area contributed by atoms with Gasteiger partial charge in [-0.15, -0.1) is 0 Å². The van der Waals surface area contributed by atoms with Gasteiger partial charge in [-0.25, -0.2) is 4.79 Å². The largest absolute Gasteiger partial charge is 0.478 e. The normalized spacial score (nSPS) is 14.9. The summed E-state index contributed by atoms with van der Waals surface area (Å²) in [6, 6.07) is 14.0. The van der Waals surface area contributed by atoms with Gasteiger partial charge >= 0.3 is 5.97 Å². The van der Waals surface area contributed by atoms with Gasteiger partial charge in [0.25, 0.3) is 5.91 Å². The smallest absolute Gasteiger partial charge is 0.335 e. The fraction of sp³-hybridized carbons (Fsp3) is 0.130. The van der Waals surface area contributed by atoms with Crippen LogP contribution in [0.5, 0.6) is 0 Å². The van der Waals surface area contributed by atoms with Crippen molar-refractivity contribution in [2.45, 2.75) is 19.0 Å². The third-order valence-corrected chi connectivity index (χ3v) is 5.76. The average Bonchev–Trinajstić information content (AvgIpc) is 3.04. The van der Waals surface area contributed by atoms with E-state index in [1.165, 1.54) is 23.2 Å². The number of hydrogen-bond acceptors (Lipinski definition) is 4. The van der Waals surface area contributed by atoms with Gasteiger partial charge in [0.05, 0.1) is 33.8 Å². The fourth-order valence-electron chi connectivity index (χ4n) is 3.70. The summed E-state index contributed by atoms with van der Waals surface area (Å²) in [4.78, 5) is 42.7. The first-order valence-corrected chi connectivity index (χ1v) is 10.4. The number of anilines is 1. The molecule has 1 aliphatic heterocycles. The highest BCUT2D eigenvalue weighted by Crippen LogP contribution is 2.44. The van der Waals surface area contributed by atoms with Crippen LogP contribution in [0.1, 0.15) is 44.4 Å². The third-order valence-electron chi connectivity index (χ3n) is 5.15. The molecule has 1 atom stereocenters. The quantitative estimate of drug-likeness (QED) is 0.553. The summed E-state index contributed by atoms with van der Waals surface area (Å²) in [5, 5.41) is 12.5. The molecule has 1 aromatic heterocycles. The predicted octanol–water partition coefficient (Wildman–Crippen LogP) is 4.49. The van der Waals surface area contributed by atoms with Crippen molar-refractivity contribution in [3.8, 4) is 0 Å². The second-order valence-electron chi connectivity index (χ2n) is 7.19. The molecule has 32 heavy (non-hydrogen) atoms. The first-order valence-electron chi connectivity index (χ1n) is 9.68. The molecule has 4 rings (SSSR count). The molecule has 162 valence electrons. The van der Waals surface area contributed by atoms with Gasteiger partial charge in [0.2, 0.25) is 5.91 Å². The lowest BCUT2D eigenvalue weighted by Crippen LogP contribution is -2.33. The van der Waals surface area contributed by atoms with Crippen LogP contribution in [0.25, 0.3) is 0 Å². The highest BCUT2D eigenvalue weighted by molar-refractivity contribution is 6.40. The zero-order valence-electron chi connectivity index (χ0n) is 16.6. The Morgan fingerprint density at radius 1 is 1.06 bits per heavy atom. The molecule has 0 radical (unpaired) electrons. The van der Waals surface area contributed by atoms with Gasteiger partial charge in [-0.3, -0.25) is 19.5 Å². The summed E-state index contributed by atoms with van der Waals surface area (Å²) < 4.78 is 0. The molecule has 0 fully saturated rings. The van der Waals surface area contributed by atoms with E-state index in [1.54, 1.807) is 42.5 Å². The Morgan fingerprint density at radius 3 is 2.50 bits per heavy atom. The van der Waals surface area contributed by atoms with Gasteiger partial charge in [-0.1, -0.05) is 47.5 Å². The van der Waals surface area contributed by atoms with Gasteiger partial charge < -0.3 is 10.4 Å². The Morgan fingerprint density at radius 2 is 1.78 bits per heavy atom. The maximum atomic E-state index is 13.1. The molecule has 2 N–H and O–H groups in total. The minimum atomic E-state index is -1.04. The molecule has 2 heterocycles. The van der Waals surface area contributed by atoms with E-state index >= 15 is 0 Å². The molecule has 0 saturated heterocycles. The van der Waals surface area contributed by atoms with E-state index in [0.717, 1.165) is 0 Å². The van der Waals surface area contributed by atoms with E-state index < -0.39 is 12.0 Å². The van der Waals surface area contributed by atoms with Crippen LogP contribution in [0, 0.1) is 0 Å². The van der Waals surface area contributed by atoms with Crippen LogP contribution in [-0.2, 0) is 11.3 Å². The van der Waals surface area contributed by atoms with Crippen molar-refractivity contribution in [2.75, 3.05) is 4.90 Å². The lowest BCUT2D eigenvalue weighted by molar-refractivity contribution is -0.121. The monoisotopic (exact) mass is 469 g/mol. The van der Waals surface area contributed by atoms with E-state index in [1.807, 2.05) is 0 Å². The van der Waals surface area contributed by atoms with Crippen molar-refractivity contribution in [1.82, 2.24) is 10.3 Å². The summed E-state index contributed by atoms with van der Waals surface area (Å²) >= 11 is 12.7. The number of nitrogens with zero attached hydrogens (tertiary/aromatic N) is 2. The van der Waals surface area contributed by atoms with Crippen LogP contribution in [0.4, 0.5) is 5.69 Å². The number of halogens is 2. The SMILES string of the molecule is O=C(CC1c2cccnc2C(=O)N1c1c(Cl)cccc1Cl)NCc1cccc(C(=O)O)c1. The van der Waals surface area contributed by atoms with Crippen LogP contribution in [0.2, 0.25) is 10.0 Å². The van der Waals surface area contributed by atoms with Crippen LogP contribution < -0.4 is 10.2 Å². The topological polar surface area (TPSA) is 99.6 Å². The molecule has 2 amide bonds. The summed E-state index contributed by atoms with van der Waals surface area (Å²) in [5.41, 5.74) is 1.96. The van der Waals surface area contributed by atoms with Gasteiger partial charge in [-0.2, -0.15) is 0 Å². The molecule has 7 nitrogen and oxygen atoms in total. The van der Waals surface area contributed by atoms with Crippen LogP contribution >= 0.6 is 23.2 Å². The Bertz CT molecular complexity index is 1210. The average molecular weight is 470 g/mol. The summed E-state index contributed by atoms with van der Waals surface area (Å²) in [7, 11) is 0. The van der Waals surface area contributed by atoms with Gasteiger partial charge in [0.15, 0.2) is 0 Å². The first kappa shape index (κ1) is 21.8. The lowest BCUT2D eigenvalue weighted by atomic mass is 10.0. The summed E-state index contributed by atoms with van der Waals surface area (Å²) in [5.74, 6) is -1.75. The molecule has 3 aromatic rings. The van der Waals surface area contributed by atoms with Crippen molar-refractivity contribution >= 4 is 46.7 Å². The van der Waals surface area contributed by atoms with E-state index in [2.05, 4.69) is 10.3 Å². The minimum Gasteiger partial charge on any atom is -0.478 e. The maximum absolute atomic E-state index is 13.1. The molecular formula is C23H17Cl2N3O4. The van der Waals surface area contributed by atoms with Crippen molar-refractivity contribution in [3.05, 3.63) is 93.2 Å². The van der Waals surface area contributed by atoms with E-state index in [9.17, 15) is 14.4 Å². The Balaban J connectivity index is 1.58. The molecule has 0 spiro atoms. The number of fused-ring (bicyclic) bond motifs is 1.